The highest BCUT2D eigenvalue weighted by molar-refractivity contribution is 5.93. The number of aromatic amines is 1. The first-order valence-corrected chi connectivity index (χ1v) is 8.01. The number of rotatable bonds is 7. The standard InChI is InChI=1S/C18H19N3O4/c1-3-24-21(25-4-2)14-8-5-12(6-9-14)17-19-15-10-7-13(18(22)23)11-16(15)20-17/h5-11H,3-4H2,1-2H3,(H,19,20)(H,22,23). The number of carbonyl (C=O) groups is 1. The lowest BCUT2D eigenvalue weighted by atomic mass is 10.2. The van der Waals surface area contributed by atoms with Crippen molar-refractivity contribution in [1.29, 1.82) is 0 Å². The molecule has 0 unspecified atom stereocenters. The lowest BCUT2D eigenvalue weighted by Crippen LogP contribution is -2.23. The van der Waals surface area contributed by atoms with Gasteiger partial charge in [-0.25, -0.2) is 19.5 Å². The topological polar surface area (TPSA) is 87.7 Å². The molecule has 2 aromatic carbocycles. The van der Waals surface area contributed by atoms with Gasteiger partial charge in [0.25, 0.3) is 0 Å². The Morgan fingerprint density at radius 3 is 2.40 bits per heavy atom. The largest absolute Gasteiger partial charge is 0.478 e. The molecule has 0 bridgehead atoms. The number of aromatic carboxylic acids is 1. The smallest absolute Gasteiger partial charge is 0.335 e. The van der Waals surface area contributed by atoms with Gasteiger partial charge in [0.1, 0.15) is 5.82 Å². The Bertz CT molecular complexity index is 868. The predicted octanol–water partition coefficient (Wildman–Crippen LogP) is 3.64. The van der Waals surface area contributed by atoms with Gasteiger partial charge in [0.2, 0.25) is 0 Å². The van der Waals surface area contributed by atoms with Crippen LogP contribution in [0.2, 0.25) is 0 Å². The molecule has 1 heterocycles. The van der Waals surface area contributed by atoms with Crippen LogP contribution in [-0.4, -0.2) is 34.3 Å². The fourth-order valence-corrected chi connectivity index (χ4v) is 2.44. The predicted molar refractivity (Wildman–Crippen MR) is 94.2 cm³/mol. The fourth-order valence-electron chi connectivity index (χ4n) is 2.44. The Morgan fingerprint density at radius 2 is 1.80 bits per heavy atom. The second-order valence-corrected chi connectivity index (χ2v) is 5.26. The quantitative estimate of drug-likeness (QED) is 0.638. The van der Waals surface area contributed by atoms with Crippen molar-refractivity contribution in [1.82, 2.24) is 9.97 Å². The minimum Gasteiger partial charge on any atom is -0.478 e. The molecule has 0 fully saturated rings. The molecule has 130 valence electrons. The molecule has 2 N–H and O–H groups in total. The molecule has 25 heavy (non-hydrogen) atoms. The number of imidazole rings is 1. The van der Waals surface area contributed by atoms with Crippen molar-refractivity contribution in [2.75, 3.05) is 18.4 Å². The molecule has 0 saturated carbocycles. The Labute approximate surface area is 144 Å². The van der Waals surface area contributed by atoms with E-state index in [1.165, 1.54) is 5.23 Å². The monoisotopic (exact) mass is 341 g/mol. The molecule has 3 aromatic rings. The van der Waals surface area contributed by atoms with Crippen molar-refractivity contribution < 1.29 is 19.6 Å². The summed E-state index contributed by atoms with van der Waals surface area (Å²) < 4.78 is 0. The number of fused-ring (bicyclic) bond motifs is 1. The minimum atomic E-state index is -0.964. The highest BCUT2D eigenvalue weighted by Gasteiger charge is 2.11. The molecule has 0 atom stereocenters. The molecule has 0 amide bonds. The summed E-state index contributed by atoms with van der Waals surface area (Å²) in [7, 11) is 0. The van der Waals surface area contributed by atoms with Crippen molar-refractivity contribution in [3.05, 3.63) is 48.0 Å². The number of nitrogens with zero attached hydrogens (tertiary/aromatic N) is 2. The van der Waals surface area contributed by atoms with E-state index in [0.717, 1.165) is 11.3 Å². The van der Waals surface area contributed by atoms with Gasteiger partial charge in [0, 0.05) is 5.56 Å². The maximum atomic E-state index is 11.1. The second kappa shape index (κ2) is 7.33. The van der Waals surface area contributed by atoms with Gasteiger partial charge in [-0.15, -0.1) is 5.23 Å². The third-order valence-corrected chi connectivity index (χ3v) is 3.57. The Hall–Kier alpha value is -2.90. The zero-order valence-corrected chi connectivity index (χ0v) is 14.0. The van der Waals surface area contributed by atoms with E-state index in [2.05, 4.69) is 9.97 Å². The molecule has 7 nitrogen and oxygen atoms in total. The third-order valence-electron chi connectivity index (χ3n) is 3.57. The highest BCUT2D eigenvalue weighted by Crippen LogP contribution is 2.24. The number of H-pyrrole nitrogens is 1. The highest BCUT2D eigenvalue weighted by atomic mass is 16.9. The van der Waals surface area contributed by atoms with Crippen LogP contribution < -0.4 is 5.23 Å². The SMILES string of the molecule is CCON(OCC)c1ccc(-c2nc3ccc(C(=O)O)cc3[nH]2)cc1. The summed E-state index contributed by atoms with van der Waals surface area (Å²) in [5.41, 5.74) is 3.28. The van der Waals surface area contributed by atoms with Crippen LogP contribution in [0.3, 0.4) is 0 Å². The number of benzene rings is 2. The summed E-state index contributed by atoms with van der Waals surface area (Å²) >= 11 is 0. The van der Waals surface area contributed by atoms with E-state index in [-0.39, 0.29) is 5.56 Å². The summed E-state index contributed by atoms with van der Waals surface area (Å²) in [6, 6.07) is 12.4. The van der Waals surface area contributed by atoms with Gasteiger partial charge in [-0.05, 0) is 56.3 Å². The summed E-state index contributed by atoms with van der Waals surface area (Å²) in [5, 5.41) is 10.5. The number of anilines is 1. The fraction of sp³-hybridized carbons (Fsp3) is 0.222. The molecule has 0 aliphatic heterocycles. The molecule has 0 aliphatic rings. The van der Waals surface area contributed by atoms with E-state index in [9.17, 15) is 4.79 Å². The van der Waals surface area contributed by atoms with Gasteiger partial charge in [0.05, 0.1) is 35.5 Å². The molecule has 0 aliphatic carbocycles. The number of carboxylic acids is 1. The normalized spacial score (nSPS) is 11.0. The molecule has 1 aromatic heterocycles. The summed E-state index contributed by atoms with van der Waals surface area (Å²) in [6.45, 7) is 4.77. The van der Waals surface area contributed by atoms with Crippen LogP contribution in [0.25, 0.3) is 22.4 Å². The van der Waals surface area contributed by atoms with Crippen LogP contribution in [-0.2, 0) is 9.68 Å². The Kier molecular flexibility index (Phi) is 4.97. The Balaban J connectivity index is 1.89. The van der Waals surface area contributed by atoms with Crippen molar-refractivity contribution in [2.45, 2.75) is 13.8 Å². The second-order valence-electron chi connectivity index (χ2n) is 5.26. The molecular weight excluding hydrogens is 322 g/mol. The van der Waals surface area contributed by atoms with Gasteiger partial charge in [0.15, 0.2) is 0 Å². The first-order chi connectivity index (χ1) is 12.1. The number of hydrogen-bond acceptors (Lipinski definition) is 5. The number of hydrogen-bond donors (Lipinski definition) is 2. The van der Waals surface area contributed by atoms with Crippen LogP contribution in [0.5, 0.6) is 0 Å². The molecular formula is C18H19N3O4. The van der Waals surface area contributed by atoms with E-state index in [0.29, 0.717) is 30.1 Å². The summed E-state index contributed by atoms with van der Waals surface area (Å²) in [5.74, 6) is -0.294. The summed E-state index contributed by atoms with van der Waals surface area (Å²) in [4.78, 5) is 29.6. The lowest BCUT2D eigenvalue weighted by molar-refractivity contribution is -0.0817. The van der Waals surface area contributed by atoms with Gasteiger partial charge in [-0.3, -0.25) is 0 Å². The van der Waals surface area contributed by atoms with Crippen molar-refractivity contribution in [3.8, 4) is 11.4 Å². The van der Waals surface area contributed by atoms with E-state index in [1.54, 1.807) is 18.2 Å². The zero-order chi connectivity index (χ0) is 17.8. The molecule has 0 spiro atoms. The van der Waals surface area contributed by atoms with E-state index in [1.807, 2.05) is 38.1 Å². The number of carboxylic acid groups (broad SMARTS) is 1. The number of aromatic nitrogens is 2. The first kappa shape index (κ1) is 16.9. The zero-order valence-electron chi connectivity index (χ0n) is 14.0. The van der Waals surface area contributed by atoms with Crippen LogP contribution in [0.1, 0.15) is 24.2 Å². The van der Waals surface area contributed by atoms with Crippen molar-refractivity contribution in [2.24, 2.45) is 0 Å². The summed E-state index contributed by atoms with van der Waals surface area (Å²) in [6.07, 6.45) is 0. The average molecular weight is 341 g/mol. The van der Waals surface area contributed by atoms with E-state index < -0.39 is 5.97 Å². The van der Waals surface area contributed by atoms with Crippen LogP contribution in [0.15, 0.2) is 42.5 Å². The molecule has 3 rings (SSSR count). The lowest BCUT2D eigenvalue weighted by Gasteiger charge is -2.21. The molecule has 0 saturated heterocycles. The van der Waals surface area contributed by atoms with E-state index in [4.69, 9.17) is 14.8 Å². The maximum absolute atomic E-state index is 11.1. The maximum Gasteiger partial charge on any atom is 0.335 e. The first-order valence-electron chi connectivity index (χ1n) is 8.01. The number of nitrogens with one attached hydrogen (secondary N) is 1. The third kappa shape index (κ3) is 3.62. The van der Waals surface area contributed by atoms with Gasteiger partial charge in [-0.2, -0.15) is 0 Å². The van der Waals surface area contributed by atoms with Gasteiger partial charge in [-0.1, -0.05) is 0 Å². The van der Waals surface area contributed by atoms with Gasteiger partial charge < -0.3 is 10.1 Å². The van der Waals surface area contributed by atoms with Crippen LogP contribution in [0.4, 0.5) is 5.69 Å². The van der Waals surface area contributed by atoms with Crippen LogP contribution >= 0.6 is 0 Å². The van der Waals surface area contributed by atoms with Crippen molar-refractivity contribution in [3.63, 3.8) is 0 Å². The molecule has 7 heteroatoms. The van der Waals surface area contributed by atoms with Gasteiger partial charge >= 0.3 is 5.97 Å². The van der Waals surface area contributed by atoms with Crippen molar-refractivity contribution >= 4 is 22.7 Å². The van der Waals surface area contributed by atoms with E-state index >= 15 is 0 Å². The Morgan fingerprint density at radius 1 is 1.12 bits per heavy atom. The van der Waals surface area contributed by atoms with Crippen LogP contribution in [0, 0.1) is 0 Å². The minimum absolute atomic E-state index is 0.224. The molecule has 0 radical (unpaired) electrons. The average Bonchev–Trinajstić information content (AvgIpc) is 3.05.